The van der Waals surface area contributed by atoms with Crippen molar-refractivity contribution in [3.05, 3.63) is 29.6 Å². The Kier molecular flexibility index (Phi) is 4.46. The van der Waals surface area contributed by atoms with Crippen molar-refractivity contribution in [3.8, 4) is 5.75 Å². The maximum atomic E-state index is 13.5. The summed E-state index contributed by atoms with van der Waals surface area (Å²) in [6, 6.07) is 5.65. The van der Waals surface area contributed by atoms with Crippen molar-refractivity contribution in [2.45, 2.75) is 58.1 Å². The lowest BCUT2D eigenvalue weighted by molar-refractivity contribution is -0.0147. The molecule has 2 rings (SSSR count). The number of benzene rings is 1. The minimum atomic E-state index is -0.188. The molecule has 0 aliphatic heterocycles. The molecule has 0 heterocycles. The van der Waals surface area contributed by atoms with Crippen LogP contribution >= 0.6 is 0 Å². The number of hydrogen-bond acceptors (Lipinski definition) is 2. The Labute approximate surface area is 115 Å². The van der Waals surface area contributed by atoms with Crippen LogP contribution in [0.1, 0.15) is 45.1 Å². The minimum absolute atomic E-state index is 0.0798. The zero-order valence-electron chi connectivity index (χ0n) is 12.1. The van der Waals surface area contributed by atoms with E-state index in [1.807, 2.05) is 6.07 Å². The Morgan fingerprint density at radius 1 is 1.37 bits per heavy atom. The highest BCUT2D eigenvalue weighted by molar-refractivity contribution is 5.29. The highest BCUT2D eigenvalue weighted by atomic mass is 19.1. The quantitative estimate of drug-likeness (QED) is 0.844. The van der Waals surface area contributed by atoms with E-state index in [1.54, 1.807) is 13.0 Å². The van der Waals surface area contributed by atoms with Crippen LogP contribution in [-0.2, 0) is 0 Å². The number of rotatable bonds is 6. The van der Waals surface area contributed by atoms with E-state index in [-0.39, 0.29) is 11.4 Å². The molecule has 1 N–H and O–H groups in total. The molecule has 0 bridgehead atoms. The second-order valence-electron chi connectivity index (χ2n) is 5.91. The molecule has 0 aromatic heterocycles. The average Bonchev–Trinajstić information content (AvgIpc) is 2.30. The monoisotopic (exact) mass is 265 g/mol. The molecule has 1 aromatic carbocycles. The molecule has 0 unspecified atom stereocenters. The van der Waals surface area contributed by atoms with Crippen LogP contribution in [-0.4, -0.2) is 18.2 Å². The first-order valence-electron chi connectivity index (χ1n) is 7.19. The lowest BCUT2D eigenvalue weighted by Gasteiger charge is -2.42. The van der Waals surface area contributed by atoms with Crippen LogP contribution in [0.3, 0.4) is 0 Å². The summed E-state index contributed by atoms with van der Waals surface area (Å²) in [5.41, 5.74) is 0.584. The minimum Gasteiger partial charge on any atom is -0.487 e. The van der Waals surface area contributed by atoms with Gasteiger partial charge >= 0.3 is 0 Å². The molecule has 19 heavy (non-hydrogen) atoms. The molecular formula is C16H24FNO. The highest BCUT2D eigenvalue weighted by Gasteiger charge is 2.38. The highest BCUT2D eigenvalue weighted by Crippen LogP contribution is 2.39. The molecular weight excluding hydrogens is 241 g/mol. The molecule has 1 fully saturated rings. The smallest absolute Gasteiger partial charge is 0.129 e. The summed E-state index contributed by atoms with van der Waals surface area (Å²) < 4.78 is 19.6. The lowest BCUT2D eigenvalue weighted by atomic mass is 9.77. The third-order valence-electron chi connectivity index (χ3n) is 3.88. The third-order valence-corrected chi connectivity index (χ3v) is 3.88. The van der Waals surface area contributed by atoms with Crippen molar-refractivity contribution in [1.82, 2.24) is 5.32 Å². The van der Waals surface area contributed by atoms with Crippen LogP contribution in [0.5, 0.6) is 5.75 Å². The van der Waals surface area contributed by atoms with Crippen LogP contribution in [0, 0.1) is 12.7 Å². The molecule has 2 nitrogen and oxygen atoms in total. The number of aryl methyl sites for hydroxylation is 1. The van der Waals surface area contributed by atoms with E-state index in [9.17, 15) is 4.39 Å². The maximum absolute atomic E-state index is 13.5. The predicted octanol–water partition coefficient (Wildman–Crippen LogP) is 3.82. The number of hydrogen-bond donors (Lipinski definition) is 1. The molecule has 0 saturated heterocycles. The Morgan fingerprint density at radius 3 is 2.63 bits per heavy atom. The van der Waals surface area contributed by atoms with Crippen LogP contribution in [0.4, 0.5) is 4.39 Å². The van der Waals surface area contributed by atoms with Crippen molar-refractivity contribution < 1.29 is 9.13 Å². The second kappa shape index (κ2) is 5.91. The van der Waals surface area contributed by atoms with Crippen molar-refractivity contribution in [3.63, 3.8) is 0 Å². The summed E-state index contributed by atoms with van der Waals surface area (Å²) in [7, 11) is 0. The summed E-state index contributed by atoms with van der Waals surface area (Å²) in [6.45, 7) is 7.00. The van der Waals surface area contributed by atoms with Crippen LogP contribution in [0.15, 0.2) is 18.2 Å². The largest absolute Gasteiger partial charge is 0.487 e. The second-order valence-corrected chi connectivity index (χ2v) is 5.91. The summed E-state index contributed by atoms with van der Waals surface area (Å²) >= 11 is 0. The first-order chi connectivity index (χ1) is 9.01. The van der Waals surface area contributed by atoms with Gasteiger partial charge in [-0.05, 0) is 50.8 Å². The van der Waals surface area contributed by atoms with E-state index in [0.717, 1.165) is 25.8 Å². The van der Waals surface area contributed by atoms with Crippen molar-refractivity contribution >= 4 is 0 Å². The summed E-state index contributed by atoms with van der Waals surface area (Å²) in [5, 5.41) is 3.42. The van der Waals surface area contributed by atoms with Gasteiger partial charge in [0, 0.05) is 12.1 Å². The van der Waals surface area contributed by atoms with E-state index < -0.39 is 0 Å². The first-order valence-corrected chi connectivity index (χ1v) is 7.19. The van der Waals surface area contributed by atoms with Crippen LogP contribution in [0.25, 0.3) is 0 Å². The van der Waals surface area contributed by atoms with Gasteiger partial charge in [-0.15, -0.1) is 0 Å². The van der Waals surface area contributed by atoms with Crippen molar-refractivity contribution in [2.75, 3.05) is 6.54 Å². The van der Waals surface area contributed by atoms with Gasteiger partial charge in [-0.1, -0.05) is 19.9 Å². The summed E-state index contributed by atoms with van der Waals surface area (Å²) in [4.78, 5) is 0. The van der Waals surface area contributed by atoms with Gasteiger partial charge in [0.05, 0.1) is 0 Å². The Morgan fingerprint density at radius 2 is 2.11 bits per heavy atom. The average molecular weight is 265 g/mol. The number of nitrogens with one attached hydrogen (secondary N) is 1. The fourth-order valence-corrected chi connectivity index (χ4v) is 2.45. The molecule has 1 aliphatic rings. The normalized spacial score (nSPS) is 17.3. The van der Waals surface area contributed by atoms with E-state index in [0.29, 0.717) is 17.4 Å². The van der Waals surface area contributed by atoms with Gasteiger partial charge in [0.25, 0.3) is 0 Å². The van der Waals surface area contributed by atoms with Crippen LogP contribution < -0.4 is 10.1 Å². The zero-order valence-corrected chi connectivity index (χ0v) is 12.1. The van der Waals surface area contributed by atoms with E-state index in [1.165, 1.54) is 12.5 Å². The lowest BCUT2D eigenvalue weighted by Crippen LogP contribution is -2.46. The fourth-order valence-electron chi connectivity index (χ4n) is 2.45. The molecule has 0 amide bonds. The molecule has 106 valence electrons. The molecule has 1 aliphatic carbocycles. The van der Waals surface area contributed by atoms with Gasteiger partial charge in [0.1, 0.15) is 17.2 Å². The van der Waals surface area contributed by atoms with Gasteiger partial charge in [-0.25, -0.2) is 4.39 Å². The van der Waals surface area contributed by atoms with Crippen molar-refractivity contribution in [1.29, 1.82) is 0 Å². The van der Waals surface area contributed by atoms with Gasteiger partial charge < -0.3 is 10.1 Å². The van der Waals surface area contributed by atoms with E-state index >= 15 is 0 Å². The van der Waals surface area contributed by atoms with Gasteiger partial charge in [-0.2, -0.15) is 0 Å². The SMILES string of the molecule is Cc1ccc(OC2(CCNC(C)C)CCC2)cc1F. The van der Waals surface area contributed by atoms with E-state index in [4.69, 9.17) is 4.74 Å². The maximum Gasteiger partial charge on any atom is 0.129 e. The zero-order chi connectivity index (χ0) is 13.9. The van der Waals surface area contributed by atoms with Gasteiger partial charge in [0.15, 0.2) is 0 Å². The number of halogens is 1. The predicted molar refractivity (Wildman–Crippen MR) is 76.1 cm³/mol. The van der Waals surface area contributed by atoms with Crippen LogP contribution in [0.2, 0.25) is 0 Å². The summed E-state index contributed by atoms with van der Waals surface area (Å²) in [6.07, 6.45) is 4.33. The fraction of sp³-hybridized carbons (Fsp3) is 0.625. The molecule has 0 spiro atoms. The standard InChI is InChI=1S/C16H24FNO/c1-12(2)18-10-9-16(7-4-8-16)19-14-6-5-13(3)15(17)11-14/h5-6,11-12,18H,4,7-10H2,1-3H3. The Balaban J connectivity index is 1.95. The summed E-state index contributed by atoms with van der Waals surface area (Å²) in [5.74, 6) is 0.472. The first kappa shape index (κ1) is 14.3. The molecule has 1 aromatic rings. The third kappa shape index (κ3) is 3.69. The van der Waals surface area contributed by atoms with Crippen molar-refractivity contribution in [2.24, 2.45) is 0 Å². The van der Waals surface area contributed by atoms with Gasteiger partial charge in [0.2, 0.25) is 0 Å². The molecule has 0 atom stereocenters. The molecule has 0 radical (unpaired) electrons. The molecule has 3 heteroatoms. The topological polar surface area (TPSA) is 21.3 Å². The molecule has 1 saturated carbocycles. The Hall–Kier alpha value is -1.09. The number of ether oxygens (including phenoxy) is 1. The van der Waals surface area contributed by atoms with E-state index in [2.05, 4.69) is 19.2 Å². The Bertz CT molecular complexity index is 427. The van der Waals surface area contributed by atoms with Gasteiger partial charge in [-0.3, -0.25) is 0 Å².